The predicted octanol–water partition coefficient (Wildman–Crippen LogP) is 0.881. The molecule has 2 aliphatic rings. The van der Waals surface area contributed by atoms with Crippen molar-refractivity contribution >= 4 is 5.96 Å². The molecule has 4 nitrogen and oxygen atoms in total. The van der Waals surface area contributed by atoms with Crippen LogP contribution in [0.3, 0.4) is 0 Å². The van der Waals surface area contributed by atoms with E-state index < -0.39 is 0 Å². The van der Waals surface area contributed by atoms with Crippen LogP contribution >= 0.6 is 0 Å². The van der Waals surface area contributed by atoms with Gasteiger partial charge in [0.1, 0.15) is 0 Å². The third-order valence-electron chi connectivity index (χ3n) is 3.96. The monoisotopic (exact) mass is 224 g/mol. The predicted molar refractivity (Wildman–Crippen MR) is 67.6 cm³/mol. The van der Waals surface area contributed by atoms with Crippen molar-refractivity contribution in [2.75, 3.05) is 33.2 Å². The van der Waals surface area contributed by atoms with Crippen LogP contribution in [0.25, 0.3) is 0 Å². The standard InChI is InChI=1S/C12H24N4/c1-14-12(13)16-9-7-15(8-10-16)11-5-3-2-4-6-11/h11H,2-10H2,1H3,(H2,13,14). The van der Waals surface area contributed by atoms with Gasteiger partial charge in [-0.25, -0.2) is 0 Å². The number of guanidine groups is 1. The Hall–Kier alpha value is -0.770. The highest BCUT2D eigenvalue weighted by atomic mass is 15.3. The molecule has 16 heavy (non-hydrogen) atoms. The number of hydrogen-bond donors (Lipinski definition) is 1. The molecule has 2 fully saturated rings. The Balaban J connectivity index is 1.80. The van der Waals surface area contributed by atoms with E-state index in [4.69, 9.17) is 5.73 Å². The molecule has 0 bridgehead atoms. The number of nitrogens with zero attached hydrogens (tertiary/aromatic N) is 3. The maximum absolute atomic E-state index is 5.83. The molecule has 0 aromatic rings. The highest BCUT2D eigenvalue weighted by molar-refractivity contribution is 5.77. The summed E-state index contributed by atoms with van der Waals surface area (Å²) in [6.07, 6.45) is 7.08. The van der Waals surface area contributed by atoms with Crippen molar-refractivity contribution in [2.24, 2.45) is 10.7 Å². The largest absolute Gasteiger partial charge is 0.370 e. The quantitative estimate of drug-likeness (QED) is 0.531. The first-order valence-electron chi connectivity index (χ1n) is 6.52. The molecule has 0 unspecified atom stereocenters. The molecule has 1 heterocycles. The lowest BCUT2D eigenvalue weighted by Crippen LogP contribution is -2.54. The zero-order valence-electron chi connectivity index (χ0n) is 10.4. The summed E-state index contributed by atoms with van der Waals surface area (Å²) in [5, 5.41) is 0. The van der Waals surface area contributed by atoms with E-state index in [2.05, 4.69) is 14.8 Å². The number of hydrogen-bond acceptors (Lipinski definition) is 2. The van der Waals surface area contributed by atoms with Crippen LogP contribution in [0.4, 0.5) is 0 Å². The Kier molecular flexibility index (Phi) is 4.04. The molecule has 0 aromatic heterocycles. The Bertz CT molecular complexity index is 237. The fourth-order valence-corrected chi connectivity index (χ4v) is 2.90. The van der Waals surface area contributed by atoms with Crippen LogP contribution < -0.4 is 5.73 Å². The van der Waals surface area contributed by atoms with E-state index in [0.29, 0.717) is 5.96 Å². The highest BCUT2D eigenvalue weighted by Crippen LogP contribution is 2.23. The summed E-state index contributed by atoms with van der Waals surface area (Å²) in [7, 11) is 1.77. The van der Waals surface area contributed by atoms with E-state index in [1.54, 1.807) is 7.05 Å². The van der Waals surface area contributed by atoms with Crippen molar-refractivity contribution in [3.8, 4) is 0 Å². The maximum Gasteiger partial charge on any atom is 0.191 e. The molecule has 4 heteroatoms. The van der Waals surface area contributed by atoms with Gasteiger partial charge in [0, 0.05) is 39.3 Å². The lowest BCUT2D eigenvalue weighted by Gasteiger charge is -2.41. The van der Waals surface area contributed by atoms with Crippen LogP contribution in [-0.4, -0.2) is 55.0 Å². The summed E-state index contributed by atoms with van der Waals surface area (Å²) in [4.78, 5) is 8.90. The summed E-state index contributed by atoms with van der Waals surface area (Å²) < 4.78 is 0. The van der Waals surface area contributed by atoms with Crippen molar-refractivity contribution in [3.63, 3.8) is 0 Å². The van der Waals surface area contributed by atoms with Crippen LogP contribution in [0.2, 0.25) is 0 Å². The van der Waals surface area contributed by atoms with E-state index in [9.17, 15) is 0 Å². The minimum absolute atomic E-state index is 0.697. The van der Waals surface area contributed by atoms with Gasteiger partial charge in [0.05, 0.1) is 0 Å². The minimum atomic E-state index is 0.697. The Morgan fingerprint density at radius 3 is 2.25 bits per heavy atom. The molecule has 1 saturated heterocycles. The lowest BCUT2D eigenvalue weighted by atomic mass is 9.94. The van der Waals surface area contributed by atoms with Crippen LogP contribution in [0.5, 0.6) is 0 Å². The van der Waals surface area contributed by atoms with Gasteiger partial charge in [-0.05, 0) is 12.8 Å². The van der Waals surface area contributed by atoms with Crippen LogP contribution in [0, 0.1) is 0 Å². The number of aliphatic imine (C=N–C) groups is 1. The maximum atomic E-state index is 5.83. The highest BCUT2D eigenvalue weighted by Gasteiger charge is 2.25. The smallest absolute Gasteiger partial charge is 0.191 e. The second kappa shape index (κ2) is 5.53. The molecular weight excluding hydrogens is 200 g/mol. The number of nitrogens with two attached hydrogens (primary N) is 1. The molecule has 0 atom stereocenters. The Labute approximate surface area is 98.5 Å². The average molecular weight is 224 g/mol. The van der Waals surface area contributed by atoms with E-state index in [-0.39, 0.29) is 0 Å². The topological polar surface area (TPSA) is 44.9 Å². The van der Waals surface area contributed by atoms with E-state index in [0.717, 1.165) is 32.2 Å². The van der Waals surface area contributed by atoms with Gasteiger partial charge in [-0.15, -0.1) is 0 Å². The molecule has 2 N–H and O–H groups in total. The minimum Gasteiger partial charge on any atom is -0.370 e. The second-order valence-electron chi connectivity index (χ2n) is 4.90. The third-order valence-corrected chi connectivity index (χ3v) is 3.96. The Morgan fingerprint density at radius 1 is 1.06 bits per heavy atom. The number of rotatable bonds is 1. The molecule has 92 valence electrons. The molecule has 1 aliphatic carbocycles. The molecule has 0 amide bonds. The fourth-order valence-electron chi connectivity index (χ4n) is 2.90. The average Bonchev–Trinajstić information content (AvgIpc) is 2.39. The summed E-state index contributed by atoms with van der Waals surface area (Å²) >= 11 is 0. The van der Waals surface area contributed by atoms with Crippen LogP contribution in [0.15, 0.2) is 4.99 Å². The first-order valence-corrected chi connectivity index (χ1v) is 6.52. The van der Waals surface area contributed by atoms with Gasteiger partial charge in [0.2, 0.25) is 0 Å². The van der Waals surface area contributed by atoms with Crippen molar-refractivity contribution in [2.45, 2.75) is 38.1 Å². The summed E-state index contributed by atoms with van der Waals surface area (Å²) in [6.45, 7) is 4.39. The normalized spacial score (nSPS) is 26.1. The van der Waals surface area contributed by atoms with Gasteiger partial charge in [0.15, 0.2) is 5.96 Å². The summed E-state index contributed by atoms with van der Waals surface area (Å²) in [6, 6.07) is 0.843. The van der Waals surface area contributed by atoms with E-state index in [1.807, 2.05) is 0 Å². The van der Waals surface area contributed by atoms with Crippen molar-refractivity contribution < 1.29 is 0 Å². The fraction of sp³-hybridized carbons (Fsp3) is 0.917. The van der Waals surface area contributed by atoms with Gasteiger partial charge < -0.3 is 10.6 Å². The Morgan fingerprint density at radius 2 is 1.69 bits per heavy atom. The SMILES string of the molecule is CN=C(N)N1CCN(C2CCCCC2)CC1. The van der Waals surface area contributed by atoms with Gasteiger partial charge in [-0.2, -0.15) is 0 Å². The molecule has 0 aromatic carbocycles. The number of piperazine rings is 1. The van der Waals surface area contributed by atoms with Gasteiger partial charge >= 0.3 is 0 Å². The van der Waals surface area contributed by atoms with Gasteiger partial charge in [-0.1, -0.05) is 19.3 Å². The van der Waals surface area contributed by atoms with Gasteiger partial charge in [0.25, 0.3) is 0 Å². The molecule has 0 radical (unpaired) electrons. The first kappa shape index (κ1) is 11.7. The summed E-state index contributed by atoms with van der Waals surface area (Å²) in [5.74, 6) is 0.697. The van der Waals surface area contributed by atoms with Crippen LogP contribution in [0.1, 0.15) is 32.1 Å². The van der Waals surface area contributed by atoms with Crippen LogP contribution in [-0.2, 0) is 0 Å². The van der Waals surface area contributed by atoms with Crippen molar-refractivity contribution in [3.05, 3.63) is 0 Å². The molecule has 2 rings (SSSR count). The van der Waals surface area contributed by atoms with E-state index >= 15 is 0 Å². The second-order valence-corrected chi connectivity index (χ2v) is 4.90. The first-order chi connectivity index (χ1) is 7.81. The molecule has 0 spiro atoms. The summed E-state index contributed by atoms with van der Waals surface area (Å²) in [5.41, 5.74) is 5.83. The zero-order chi connectivity index (χ0) is 11.4. The zero-order valence-corrected chi connectivity index (χ0v) is 10.4. The van der Waals surface area contributed by atoms with Gasteiger partial charge in [-0.3, -0.25) is 9.89 Å². The van der Waals surface area contributed by atoms with E-state index in [1.165, 1.54) is 32.1 Å². The van der Waals surface area contributed by atoms with Crippen molar-refractivity contribution in [1.82, 2.24) is 9.80 Å². The van der Waals surface area contributed by atoms with Crippen molar-refractivity contribution in [1.29, 1.82) is 0 Å². The lowest BCUT2D eigenvalue weighted by molar-refractivity contribution is 0.107. The molecule has 1 saturated carbocycles. The molecular formula is C12H24N4. The third kappa shape index (κ3) is 2.67. The molecule has 1 aliphatic heterocycles.